The highest BCUT2D eigenvalue weighted by molar-refractivity contribution is 6.35. The number of halogens is 3. The van der Waals surface area contributed by atoms with E-state index in [1.165, 1.54) is 18.2 Å². The first kappa shape index (κ1) is 25.2. The summed E-state index contributed by atoms with van der Waals surface area (Å²) < 4.78 is 38.9. The summed E-state index contributed by atoms with van der Waals surface area (Å²) in [6.45, 7) is 0. The van der Waals surface area contributed by atoms with E-state index < -0.39 is 17.8 Å². The van der Waals surface area contributed by atoms with Crippen molar-refractivity contribution < 1.29 is 22.8 Å². The van der Waals surface area contributed by atoms with Gasteiger partial charge in [-0.25, -0.2) is 4.79 Å². The Hall–Kier alpha value is -5.50. The van der Waals surface area contributed by atoms with Crippen molar-refractivity contribution in [3.05, 3.63) is 101 Å². The van der Waals surface area contributed by atoms with E-state index in [4.69, 9.17) is 0 Å². The Labute approximate surface area is 220 Å². The predicted molar refractivity (Wildman–Crippen MR) is 142 cm³/mol. The number of rotatable bonds is 5. The fraction of sp³-hybridized carbons (Fsp3) is 0.0357. The van der Waals surface area contributed by atoms with Crippen LogP contribution in [0.15, 0.2) is 79.0 Å². The minimum atomic E-state index is -4.55. The molecular weight excluding hydrogens is 509 g/mol. The molecule has 0 atom stereocenters. The molecule has 0 spiro atoms. The number of nitriles is 1. The molecule has 0 aliphatic carbocycles. The third-order valence-electron chi connectivity index (χ3n) is 5.78. The first-order valence-electron chi connectivity index (χ1n) is 11.6. The number of carbonyl (C=O) groups is 2. The molecule has 4 aromatic rings. The molecule has 5 N–H and O–H groups in total. The van der Waals surface area contributed by atoms with Gasteiger partial charge in [0.05, 0.1) is 28.5 Å². The van der Waals surface area contributed by atoms with E-state index in [0.717, 1.165) is 23.4 Å². The van der Waals surface area contributed by atoms with Gasteiger partial charge >= 0.3 is 12.2 Å². The lowest BCUT2D eigenvalue weighted by molar-refractivity contribution is -0.137. The second kappa shape index (κ2) is 10.1. The molecule has 1 aliphatic heterocycles. The second-order valence-electron chi connectivity index (χ2n) is 8.59. The third-order valence-corrected chi connectivity index (χ3v) is 5.78. The van der Waals surface area contributed by atoms with Crippen LogP contribution in [0.25, 0.3) is 11.6 Å². The minimum absolute atomic E-state index is 0.0398. The molecule has 0 unspecified atom stereocenters. The Kier molecular flexibility index (Phi) is 6.52. The summed E-state index contributed by atoms with van der Waals surface area (Å²) in [6.07, 6.45) is -1.02. The Morgan fingerprint density at radius 3 is 2.44 bits per heavy atom. The van der Waals surface area contributed by atoms with Crippen LogP contribution in [0.4, 0.5) is 46.4 Å². The standard InChI is InChI=1S/C28H19F3N6O2/c29-28(30,31)17-3-1-4-19(11-17)35-27(39)36-22-10-16(15-32)9-21(12-22)34-20-6-7-23-24(13-18-5-2-8-33-18)26(38)37-25(23)14-20/h1-14,33-34H,(H,37,38)(H2,35,36,39). The number of nitrogens with one attached hydrogen (secondary N) is 5. The van der Waals surface area contributed by atoms with Crippen LogP contribution in [0.5, 0.6) is 0 Å². The summed E-state index contributed by atoms with van der Waals surface area (Å²) in [7, 11) is 0. The van der Waals surface area contributed by atoms with E-state index in [1.807, 2.05) is 18.2 Å². The van der Waals surface area contributed by atoms with Crippen LogP contribution in [0, 0.1) is 11.3 Å². The molecule has 1 aliphatic rings. The maximum Gasteiger partial charge on any atom is 0.416 e. The molecule has 5 rings (SSSR count). The van der Waals surface area contributed by atoms with Gasteiger partial charge in [0.1, 0.15) is 0 Å². The van der Waals surface area contributed by atoms with Crippen LogP contribution in [-0.4, -0.2) is 16.9 Å². The highest BCUT2D eigenvalue weighted by Gasteiger charge is 2.30. The topological polar surface area (TPSA) is 122 Å². The molecule has 39 heavy (non-hydrogen) atoms. The third kappa shape index (κ3) is 5.75. The van der Waals surface area contributed by atoms with Gasteiger partial charge in [0, 0.05) is 40.2 Å². The van der Waals surface area contributed by atoms with Crippen molar-refractivity contribution in [3.8, 4) is 6.07 Å². The molecule has 194 valence electrons. The van der Waals surface area contributed by atoms with E-state index in [-0.39, 0.29) is 22.8 Å². The average molecular weight is 528 g/mol. The first-order chi connectivity index (χ1) is 18.7. The Bertz CT molecular complexity index is 1650. The van der Waals surface area contributed by atoms with Crippen LogP contribution in [-0.2, 0) is 11.0 Å². The number of nitrogens with zero attached hydrogens (tertiary/aromatic N) is 1. The second-order valence-corrected chi connectivity index (χ2v) is 8.59. The van der Waals surface area contributed by atoms with Crippen LogP contribution >= 0.6 is 0 Å². The van der Waals surface area contributed by atoms with E-state index >= 15 is 0 Å². The molecule has 0 bridgehead atoms. The largest absolute Gasteiger partial charge is 0.416 e. The molecule has 0 radical (unpaired) electrons. The Morgan fingerprint density at radius 1 is 0.897 bits per heavy atom. The lowest BCUT2D eigenvalue weighted by Crippen LogP contribution is -2.20. The summed E-state index contributed by atoms with van der Waals surface area (Å²) in [5, 5.41) is 20.3. The van der Waals surface area contributed by atoms with Crippen molar-refractivity contribution in [2.45, 2.75) is 6.18 Å². The molecule has 1 aromatic heterocycles. The van der Waals surface area contributed by atoms with Crippen LogP contribution in [0.2, 0.25) is 0 Å². The van der Waals surface area contributed by atoms with Crippen molar-refractivity contribution in [2.24, 2.45) is 0 Å². The number of alkyl halides is 3. The van der Waals surface area contributed by atoms with Gasteiger partial charge in [-0.15, -0.1) is 0 Å². The van der Waals surface area contributed by atoms with Crippen LogP contribution < -0.4 is 21.3 Å². The van der Waals surface area contributed by atoms with Gasteiger partial charge in [-0.2, -0.15) is 18.4 Å². The molecule has 2 heterocycles. The number of aromatic nitrogens is 1. The zero-order valence-corrected chi connectivity index (χ0v) is 20.0. The van der Waals surface area contributed by atoms with Crippen molar-refractivity contribution >= 4 is 52.0 Å². The summed E-state index contributed by atoms with van der Waals surface area (Å²) in [5.41, 5.74) is 3.28. The smallest absolute Gasteiger partial charge is 0.362 e. The Morgan fingerprint density at radius 2 is 1.69 bits per heavy atom. The number of hydrogen-bond acceptors (Lipinski definition) is 4. The first-order valence-corrected chi connectivity index (χ1v) is 11.6. The van der Waals surface area contributed by atoms with Gasteiger partial charge in [-0.1, -0.05) is 12.1 Å². The predicted octanol–water partition coefficient (Wildman–Crippen LogP) is 6.79. The van der Waals surface area contributed by atoms with Crippen molar-refractivity contribution in [3.63, 3.8) is 0 Å². The number of anilines is 5. The van der Waals surface area contributed by atoms with Crippen LogP contribution in [0.3, 0.4) is 0 Å². The minimum Gasteiger partial charge on any atom is -0.362 e. The van der Waals surface area contributed by atoms with Gasteiger partial charge < -0.3 is 26.3 Å². The van der Waals surface area contributed by atoms with Crippen molar-refractivity contribution in [1.82, 2.24) is 4.98 Å². The highest BCUT2D eigenvalue weighted by Crippen LogP contribution is 2.36. The molecule has 11 heteroatoms. The summed E-state index contributed by atoms with van der Waals surface area (Å²) in [5.74, 6) is -0.235. The fourth-order valence-electron chi connectivity index (χ4n) is 4.07. The lowest BCUT2D eigenvalue weighted by atomic mass is 10.1. The number of urea groups is 1. The summed E-state index contributed by atoms with van der Waals surface area (Å²) in [6, 6.07) is 19.0. The average Bonchev–Trinajstić information content (AvgIpc) is 3.51. The summed E-state index contributed by atoms with van der Waals surface area (Å²) in [4.78, 5) is 28.0. The number of amides is 3. The molecule has 0 saturated carbocycles. The molecule has 3 aromatic carbocycles. The van der Waals surface area contributed by atoms with E-state index in [0.29, 0.717) is 22.6 Å². The maximum absolute atomic E-state index is 13.0. The molecule has 0 fully saturated rings. The van der Waals surface area contributed by atoms with Gasteiger partial charge in [0.25, 0.3) is 5.91 Å². The number of benzene rings is 3. The number of fused-ring (bicyclic) bond motifs is 1. The quantitative estimate of drug-likeness (QED) is 0.183. The van der Waals surface area contributed by atoms with Gasteiger partial charge in [0.15, 0.2) is 0 Å². The molecule has 8 nitrogen and oxygen atoms in total. The van der Waals surface area contributed by atoms with E-state index in [9.17, 15) is 28.0 Å². The lowest BCUT2D eigenvalue weighted by Gasteiger charge is -2.13. The van der Waals surface area contributed by atoms with Gasteiger partial charge in [0.2, 0.25) is 0 Å². The molecular formula is C28H19F3N6O2. The fourth-order valence-corrected chi connectivity index (χ4v) is 4.07. The monoisotopic (exact) mass is 528 g/mol. The number of aromatic amines is 1. The van der Waals surface area contributed by atoms with Crippen LogP contribution in [0.1, 0.15) is 22.4 Å². The SMILES string of the molecule is N#Cc1cc(NC(=O)Nc2cccc(C(F)(F)F)c2)cc(Nc2ccc3c(c2)NC(=O)C3=Cc2ccc[nH]2)c1. The highest BCUT2D eigenvalue weighted by atomic mass is 19.4. The number of hydrogen-bond donors (Lipinski definition) is 5. The summed E-state index contributed by atoms with van der Waals surface area (Å²) >= 11 is 0. The Balaban J connectivity index is 1.32. The molecule has 3 amide bonds. The zero-order valence-electron chi connectivity index (χ0n) is 20.0. The number of H-pyrrole nitrogens is 1. The van der Waals surface area contributed by atoms with Gasteiger partial charge in [-0.05, 0) is 66.7 Å². The van der Waals surface area contributed by atoms with Crippen molar-refractivity contribution in [1.29, 1.82) is 5.26 Å². The normalized spacial score (nSPS) is 13.4. The van der Waals surface area contributed by atoms with E-state index in [2.05, 4.69) is 26.3 Å². The van der Waals surface area contributed by atoms with Crippen molar-refractivity contribution in [2.75, 3.05) is 21.3 Å². The van der Waals surface area contributed by atoms with Gasteiger partial charge in [-0.3, -0.25) is 4.79 Å². The van der Waals surface area contributed by atoms with E-state index in [1.54, 1.807) is 42.6 Å². The molecule has 0 saturated heterocycles. The maximum atomic E-state index is 13.0. The number of carbonyl (C=O) groups excluding carboxylic acids is 2. The zero-order chi connectivity index (χ0) is 27.6.